The van der Waals surface area contributed by atoms with Gasteiger partial charge >= 0.3 is 5.97 Å². The van der Waals surface area contributed by atoms with Crippen LogP contribution in [0, 0.1) is 0 Å². The van der Waals surface area contributed by atoms with Crippen LogP contribution in [0.2, 0.25) is 0 Å². The van der Waals surface area contributed by atoms with E-state index in [9.17, 15) is 19.5 Å². The smallest absolute Gasteiger partial charge is 0.335 e. The van der Waals surface area contributed by atoms with Crippen LogP contribution in [-0.4, -0.2) is 43.8 Å². The van der Waals surface area contributed by atoms with E-state index >= 15 is 0 Å². The van der Waals surface area contributed by atoms with E-state index < -0.39 is 17.8 Å². The molecule has 0 unspecified atom stereocenters. The molecule has 0 aromatic heterocycles. The number of anilines is 1. The van der Waals surface area contributed by atoms with Crippen molar-refractivity contribution in [2.75, 3.05) is 11.9 Å². The van der Waals surface area contributed by atoms with Crippen LogP contribution in [0.1, 0.15) is 15.9 Å². The van der Waals surface area contributed by atoms with Gasteiger partial charge in [-0.2, -0.15) is 0 Å². The van der Waals surface area contributed by atoms with Crippen LogP contribution in [0.3, 0.4) is 0 Å². The summed E-state index contributed by atoms with van der Waals surface area (Å²) in [5.41, 5.74) is 0.948. The van der Waals surface area contributed by atoms with Crippen molar-refractivity contribution in [2.24, 2.45) is 0 Å². The van der Waals surface area contributed by atoms with Crippen molar-refractivity contribution < 1.29 is 24.6 Å². The Morgan fingerprint density at radius 2 is 1.90 bits per heavy atom. The SMILES string of the molecule is O=C(CN1C(=O)/C(=C/c2cc(Br)ccc2O)SC1=S)Nc1ccc(C(=O)O)cc1. The van der Waals surface area contributed by atoms with Crippen LogP contribution in [0.25, 0.3) is 6.08 Å². The summed E-state index contributed by atoms with van der Waals surface area (Å²) in [6.45, 7) is -0.285. The molecular formula is C19H13BrN2O5S2. The van der Waals surface area contributed by atoms with E-state index in [1.54, 1.807) is 12.1 Å². The highest BCUT2D eigenvalue weighted by Gasteiger charge is 2.33. The quantitative estimate of drug-likeness (QED) is 0.431. The maximum absolute atomic E-state index is 12.6. The Morgan fingerprint density at radius 1 is 1.21 bits per heavy atom. The fourth-order valence-corrected chi connectivity index (χ4v) is 4.08. The number of aromatic carboxylic acids is 1. The van der Waals surface area contributed by atoms with Gasteiger partial charge in [-0.25, -0.2) is 4.79 Å². The van der Waals surface area contributed by atoms with Crippen LogP contribution in [-0.2, 0) is 9.59 Å². The number of thioether (sulfide) groups is 1. The molecule has 0 saturated carbocycles. The summed E-state index contributed by atoms with van der Waals surface area (Å²) in [5, 5.41) is 21.4. The predicted molar refractivity (Wildman–Crippen MR) is 118 cm³/mol. The zero-order valence-electron chi connectivity index (χ0n) is 14.6. The second-order valence-corrected chi connectivity index (χ2v) is 8.49. The average molecular weight is 493 g/mol. The number of thiocarbonyl (C=S) groups is 1. The fraction of sp³-hybridized carbons (Fsp3) is 0.0526. The highest BCUT2D eigenvalue weighted by Crippen LogP contribution is 2.34. The van der Waals surface area contributed by atoms with E-state index in [1.165, 1.54) is 41.3 Å². The largest absolute Gasteiger partial charge is 0.507 e. The van der Waals surface area contributed by atoms with Gasteiger partial charge in [0.15, 0.2) is 0 Å². The molecule has 1 aliphatic rings. The lowest BCUT2D eigenvalue weighted by atomic mass is 10.2. The molecule has 2 amide bonds. The molecule has 29 heavy (non-hydrogen) atoms. The number of carbonyl (C=O) groups is 3. The number of rotatable bonds is 5. The Morgan fingerprint density at radius 3 is 2.55 bits per heavy atom. The minimum absolute atomic E-state index is 0.0148. The lowest BCUT2D eigenvalue weighted by Gasteiger charge is -2.14. The second kappa shape index (κ2) is 8.76. The van der Waals surface area contributed by atoms with Crippen molar-refractivity contribution in [2.45, 2.75) is 0 Å². The zero-order valence-corrected chi connectivity index (χ0v) is 17.8. The molecule has 148 valence electrons. The van der Waals surface area contributed by atoms with Gasteiger partial charge in [0, 0.05) is 15.7 Å². The number of phenols is 1. The van der Waals surface area contributed by atoms with Gasteiger partial charge in [-0.3, -0.25) is 14.5 Å². The summed E-state index contributed by atoms with van der Waals surface area (Å²) >= 11 is 9.56. The lowest BCUT2D eigenvalue weighted by molar-refractivity contribution is -0.126. The molecular weight excluding hydrogens is 480 g/mol. The van der Waals surface area contributed by atoms with Crippen molar-refractivity contribution in [1.29, 1.82) is 0 Å². The molecule has 0 bridgehead atoms. The zero-order chi connectivity index (χ0) is 21.1. The first kappa shape index (κ1) is 21.0. The Labute approximate surface area is 183 Å². The van der Waals surface area contributed by atoms with Crippen LogP contribution >= 0.6 is 39.9 Å². The van der Waals surface area contributed by atoms with Crippen LogP contribution in [0.15, 0.2) is 51.8 Å². The van der Waals surface area contributed by atoms with E-state index in [0.29, 0.717) is 16.2 Å². The van der Waals surface area contributed by atoms with E-state index in [1.807, 2.05) is 0 Å². The minimum Gasteiger partial charge on any atom is -0.507 e. The second-order valence-electron chi connectivity index (χ2n) is 5.90. The van der Waals surface area contributed by atoms with E-state index in [-0.39, 0.29) is 22.2 Å². The molecule has 1 aliphatic heterocycles. The number of aromatic hydroxyl groups is 1. The van der Waals surface area contributed by atoms with Crippen molar-refractivity contribution in [1.82, 2.24) is 4.90 Å². The summed E-state index contributed by atoms with van der Waals surface area (Å²) in [6.07, 6.45) is 1.52. The third-order valence-corrected chi connectivity index (χ3v) is 5.74. The molecule has 1 heterocycles. The summed E-state index contributed by atoms with van der Waals surface area (Å²) in [7, 11) is 0. The van der Waals surface area contributed by atoms with E-state index in [2.05, 4.69) is 21.2 Å². The Kier molecular flexibility index (Phi) is 6.36. The van der Waals surface area contributed by atoms with Crippen molar-refractivity contribution in [3.05, 3.63) is 63.0 Å². The van der Waals surface area contributed by atoms with Gasteiger partial charge in [0.1, 0.15) is 16.6 Å². The van der Waals surface area contributed by atoms with Crippen molar-refractivity contribution in [3.63, 3.8) is 0 Å². The normalized spacial score (nSPS) is 15.1. The lowest BCUT2D eigenvalue weighted by Crippen LogP contribution is -2.36. The first-order valence-electron chi connectivity index (χ1n) is 8.11. The van der Waals surface area contributed by atoms with Crippen molar-refractivity contribution >= 4 is 73.8 Å². The number of carboxylic acids is 1. The average Bonchev–Trinajstić information content (AvgIpc) is 2.92. The number of hydrogen-bond acceptors (Lipinski definition) is 6. The predicted octanol–water partition coefficient (Wildman–Crippen LogP) is 3.69. The maximum atomic E-state index is 12.6. The van der Waals surface area contributed by atoms with E-state index in [4.69, 9.17) is 17.3 Å². The number of nitrogens with one attached hydrogen (secondary N) is 1. The highest BCUT2D eigenvalue weighted by atomic mass is 79.9. The molecule has 2 aromatic rings. The highest BCUT2D eigenvalue weighted by molar-refractivity contribution is 9.10. The van der Waals surface area contributed by atoms with E-state index in [0.717, 1.165) is 16.2 Å². The molecule has 0 aliphatic carbocycles. The fourth-order valence-electron chi connectivity index (χ4n) is 2.46. The van der Waals surface area contributed by atoms with Gasteiger partial charge in [0.05, 0.1) is 10.5 Å². The summed E-state index contributed by atoms with van der Waals surface area (Å²) in [4.78, 5) is 37.2. The third kappa shape index (κ3) is 5.03. The van der Waals surface area contributed by atoms with Gasteiger partial charge in [0.25, 0.3) is 5.91 Å². The Balaban J connectivity index is 1.69. The number of halogens is 1. The third-order valence-electron chi connectivity index (χ3n) is 3.87. The first-order chi connectivity index (χ1) is 13.7. The molecule has 0 atom stereocenters. The first-order valence-corrected chi connectivity index (χ1v) is 10.1. The Hall–Kier alpha value is -2.69. The molecule has 0 spiro atoms. The Bertz CT molecular complexity index is 1050. The number of carboxylic acid groups (broad SMARTS) is 1. The van der Waals surface area contributed by atoms with Crippen LogP contribution in [0.5, 0.6) is 5.75 Å². The monoisotopic (exact) mass is 492 g/mol. The molecule has 3 rings (SSSR count). The van der Waals surface area contributed by atoms with Crippen molar-refractivity contribution in [3.8, 4) is 5.75 Å². The summed E-state index contributed by atoms with van der Waals surface area (Å²) in [6, 6.07) is 10.5. The van der Waals surface area contributed by atoms with Crippen LogP contribution < -0.4 is 5.32 Å². The molecule has 1 fully saturated rings. The molecule has 0 radical (unpaired) electrons. The van der Waals surface area contributed by atoms with Gasteiger partial charge in [0.2, 0.25) is 5.91 Å². The van der Waals surface area contributed by atoms with Gasteiger partial charge in [-0.1, -0.05) is 39.9 Å². The number of amides is 2. The number of phenolic OH excluding ortho intramolecular Hbond substituents is 1. The number of nitrogens with zero attached hydrogens (tertiary/aromatic N) is 1. The standard InChI is InChI=1S/C19H13BrN2O5S2/c20-12-3-6-14(23)11(7-12)8-15-17(25)22(19(28)29-15)9-16(24)21-13-4-1-10(2-5-13)18(26)27/h1-8,23H,9H2,(H,21,24)(H,26,27)/b15-8-. The summed E-state index contributed by atoms with van der Waals surface area (Å²) < 4.78 is 0.970. The minimum atomic E-state index is -1.07. The molecule has 1 saturated heterocycles. The van der Waals surface area contributed by atoms with Gasteiger partial charge < -0.3 is 15.5 Å². The molecule has 3 N–H and O–H groups in total. The van der Waals surface area contributed by atoms with Gasteiger partial charge in [-0.15, -0.1) is 0 Å². The maximum Gasteiger partial charge on any atom is 0.335 e. The molecule has 10 heteroatoms. The number of carbonyl (C=O) groups excluding carboxylic acids is 2. The topological polar surface area (TPSA) is 107 Å². The number of benzene rings is 2. The van der Waals surface area contributed by atoms with Gasteiger partial charge in [-0.05, 0) is 48.5 Å². The molecule has 2 aromatic carbocycles. The summed E-state index contributed by atoms with van der Waals surface area (Å²) in [5.74, 6) is -1.96. The molecule has 7 nitrogen and oxygen atoms in total. The van der Waals surface area contributed by atoms with Crippen LogP contribution in [0.4, 0.5) is 5.69 Å². The number of hydrogen-bond donors (Lipinski definition) is 3.